The van der Waals surface area contributed by atoms with Crippen molar-refractivity contribution in [2.24, 2.45) is 5.92 Å². The molecule has 0 aromatic heterocycles. The topological polar surface area (TPSA) is 78.9 Å². The first-order chi connectivity index (χ1) is 12.5. The van der Waals surface area contributed by atoms with Crippen molar-refractivity contribution in [2.45, 2.75) is 19.8 Å². The van der Waals surface area contributed by atoms with E-state index in [0.717, 1.165) is 5.56 Å². The van der Waals surface area contributed by atoms with Gasteiger partial charge in [-0.25, -0.2) is 4.79 Å². The van der Waals surface area contributed by atoms with Crippen LogP contribution in [0.2, 0.25) is 0 Å². The predicted molar refractivity (Wildman–Crippen MR) is 98.6 cm³/mol. The highest BCUT2D eigenvalue weighted by Gasteiger charge is 2.27. The number of piperidine rings is 1. The third-order valence-corrected chi connectivity index (χ3v) is 4.48. The van der Waals surface area contributed by atoms with E-state index in [1.165, 1.54) is 0 Å². The van der Waals surface area contributed by atoms with Gasteiger partial charge in [-0.15, -0.1) is 0 Å². The van der Waals surface area contributed by atoms with Gasteiger partial charge in [-0.1, -0.05) is 24.3 Å². The molecule has 6 heteroatoms. The number of hydrogen-bond acceptors (Lipinski definition) is 3. The number of anilines is 1. The molecule has 0 radical (unpaired) electrons. The first-order valence-electron chi connectivity index (χ1n) is 8.65. The third-order valence-electron chi connectivity index (χ3n) is 4.48. The summed E-state index contributed by atoms with van der Waals surface area (Å²) in [5.74, 6) is 0.0991. The molecule has 0 spiro atoms. The van der Waals surface area contributed by atoms with E-state index >= 15 is 0 Å². The largest absolute Gasteiger partial charge is 0.481 e. The molecule has 3 rings (SSSR count). The lowest BCUT2D eigenvalue weighted by molar-refractivity contribution is -0.143. The summed E-state index contributed by atoms with van der Waals surface area (Å²) in [6.07, 6.45) is 0.952. The molecule has 0 atom stereocenters. The number of carbonyl (C=O) groups excluding carboxylic acids is 1. The van der Waals surface area contributed by atoms with Crippen molar-refractivity contribution in [3.05, 3.63) is 54.1 Å². The Morgan fingerprint density at radius 3 is 2.46 bits per heavy atom. The van der Waals surface area contributed by atoms with Crippen molar-refractivity contribution >= 4 is 17.7 Å². The second-order valence-corrected chi connectivity index (χ2v) is 6.44. The number of rotatable bonds is 4. The van der Waals surface area contributed by atoms with Gasteiger partial charge >= 0.3 is 12.0 Å². The number of likely N-dealkylation sites (tertiary alicyclic amines) is 1. The van der Waals surface area contributed by atoms with Crippen molar-refractivity contribution in [3.63, 3.8) is 0 Å². The monoisotopic (exact) mass is 354 g/mol. The van der Waals surface area contributed by atoms with E-state index in [2.05, 4.69) is 5.32 Å². The molecule has 1 heterocycles. The van der Waals surface area contributed by atoms with Gasteiger partial charge in [0.15, 0.2) is 5.75 Å². The Kier molecular flexibility index (Phi) is 5.41. The number of carboxylic acids is 1. The van der Waals surface area contributed by atoms with Crippen LogP contribution in [-0.4, -0.2) is 35.1 Å². The van der Waals surface area contributed by atoms with Crippen LogP contribution in [0, 0.1) is 12.8 Å². The van der Waals surface area contributed by atoms with Gasteiger partial charge in [0.25, 0.3) is 0 Å². The van der Waals surface area contributed by atoms with Crippen LogP contribution in [0.5, 0.6) is 11.5 Å². The normalized spacial score (nSPS) is 14.7. The molecule has 6 nitrogen and oxygen atoms in total. The number of amides is 2. The zero-order chi connectivity index (χ0) is 18.5. The standard InChI is InChI=1S/C20H22N2O4/c1-14-7-8-18(26-16-5-3-2-4-6-16)17(13-14)21-20(25)22-11-9-15(10-12-22)19(23)24/h2-8,13,15H,9-12H2,1H3,(H,21,25)(H,23,24). The van der Waals surface area contributed by atoms with Crippen molar-refractivity contribution < 1.29 is 19.4 Å². The highest BCUT2D eigenvalue weighted by molar-refractivity contribution is 5.91. The minimum atomic E-state index is -0.790. The van der Waals surface area contributed by atoms with Gasteiger partial charge in [0.2, 0.25) is 0 Å². The van der Waals surface area contributed by atoms with Crippen LogP contribution >= 0.6 is 0 Å². The van der Waals surface area contributed by atoms with Crippen LogP contribution in [0.25, 0.3) is 0 Å². The first-order valence-corrected chi connectivity index (χ1v) is 8.65. The van der Waals surface area contributed by atoms with Gasteiger partial charge in [0.05, 0.1) is 11.6 Å². The number of carbonyl (C=O) groups is 2. The molecule has 2 amide bonds. The first kappa shape index (κ1) is 17.8. The summed E-state index contributed by atoms with van der Waals surface area (Å²) in [4.78, 5) is 25.3. The Morgan fingerprint density at radius 2 is 1.81 bits per heavy atom. The van der Waals surface area contributed by atoms with Gasteiger partial charge in [-0.3, -0.25) is 4.79 Å². The Hall–Kier alpha value is -3.02. The van der Waals surface area contributed by atoms with Crippen LogP contribution in [-0.2, 0) is 4.79 Å². The molecular formula is C20H22N2O4. The zero-order valence-electron chi connectivity index (χ0n) is 14.6. The number of ether oxygens (including phenoxy) is 1. The number of urea groups is 1. The van der Waals surface area contributed by atoms with Gasteiger partial charge in [0, 0.05) is 13.1 Å². The smallest absolute Gasteiger partial charge is 0.321 e. The molecule has 1 aliphatic rings. The maximum absolute atomic E-state index is 12.6. The molecule has 0 bridgehead atoms. The molecule has 136 valence electrons. The average Bonchev–Trinajstić information content (AvgIpc) is 2.65. The minimum Gasteiger partial charge on any atom is -0.481 e. The fraction of sp³-hybridized carbons (Fsp3) is 0.300. The molecule has 0 aliphatic carbocycles. The van der Waals surface area contributed by atoms with Gasteiger partial charge in [-0.2, -0.15) is 0 Å². The number of benzene rings is 2. The Bertz CT molecular complexity index is 784. The Morgan fingerprint density at radius 1 is 1.12 bits per heavy atom. The van der Waals surface area contributed by atoms with E-state index in [1.54, 1.807) is 4.90 Å². The second kappa shape index (κ2) is 7.91. The van der Waals surface area contributed by atoms with Crippen LogP contribution in [0.3, 0.4) is 0 Å². The molecule has 1 saturated heterocycles. The number of carboxylic acid groups (broad SMARTS) is 1. The quantitative estimate of drug-likeness (QED) is 0.866. The fourth-order valence-electron chi connectivity index (χ4n) is 2.97. The SMILES string of the molecule is Cc1ccc(Oc2ccccc2)c(NC(=O)N2CCC(C(=O)O)CC2)c1. The van der Waals surface area contributed by atoms with Gasteiger partial charge in [-0.05, 0) is 49.6 Å². The summed E-state index contributed by atoms with van der Waals surface area (Å²) in [7, 11) is 0. The summed E-state index contributed by atoms with van der Waals surface area (Å²) < 4.78 is 5.89. The number of aryl methyl sites for hydroxylation is 1. The predicted octanol–water partition coefficient (Wildman–Crippen LogP) is 4.12. The van der Waals surface area contributed by atoms with Crippen molar-refractivity contribution in [1.29, 1.82) is 0 Å². The summed E-state index contributed by atoms with van der Waals surface area (Å²) >= 11 is 0. The van der Waals surface area contributed by atoms with E-state index in [1.807, 2.05) is 55.5 Å². The lowest BCUT2D eigenvalue weighted by Gasteiger charge is -2.30. The number of nitrogens with zero attached hydrogens (tertiary/aromatic N) is 1. The van der Waals surface area contributed by atoms with E-state index in [9.17, 15) is 9.59 Å². The lowest BCUT2D eigenvalue weighted by Crippen LogP contribution is -2.42. The van der Waals surface area contributed by atoms with Crippen molar-refractivity contribution in [3.8, 4) is 11.5 Å². The van der Waals surface area contributed by atoms with E-state index < -0.39 is 5.97 Å². The van der Waals surface area contributed by atoms with E-state index in [0.29, 0.717) is 43.1 Å². The highest BCUT2D eigenvalue weighted by Crippen LogP contribution is 2.31. The molecule has 1 fully saturated rings. The molecule has 0 saturated carbocycles. The summed E-state index contributed by atoms with van der Waals surface area (Å²) in [6, 6.07) is 14.7. The number of para-hydroxylation sites is 1. The lowest BCUT2D eigenvalue weighted by atomic mass is 9.97. The second-order valence-electron chi connectivity index (χ2n) is 6.44. The van der Waals surface area contributed by atoms with Crippen LogP contribution in [0.1, 0.15) is 18.4 Å². The number of nitrogens with one attached hydrogen (secondary N) is 1. The van der Waals surface area contributed by atoms with Gasteiger partial charge in [0.1, 0.15) is 5.75 Å². The van der Waals surface area contributed by atoms with Crippen molar-refractivity contribution in [1.82, 2.24) is 4.90 Å². The highest BCUT2D eigenvalue weighted by atomic mass is 16.5. The molecule has 2 aromatic carbocycles. The zero-order valence-corrected chi connectivity index (χ0v) is 14.6. The van der Waals surface area contributed by atoms with Crippen molar-refractivity contribution in [2.75, 3.05) is 18.4 Å². The van der Waals surface area contributed by atoms with E-state index in [-0.39, 0.29) is 11.9 Å². The minimum absolute atomic E-state index is 0.239. The molecule has 2 aromatic rings. The molecule has 2 N–H and O–H groups in total. The van der Waals surface area contributed by atoms with E-state index in [4.69, 9.17) is 9.84 Å². The summed E-state index contributed by atoms with van der Waals surface area (Å²) in [5, 5.41) is 12.0. The van der Waals surface area contributed by atoms with Crippen LogP contribution < -0.4 is 10.1 Å². The number of aliphatic carboxylic acids is 1. The third kappa shape index (κ3) is 4.33. The van der Waals surface area contributed by atoms with Gasteiger partial charge < -0.3 is 20.1 Å². The van der Waals surface area contributed by atoms with Crippen LogP contribution in [0.4, 0.5) is 10.5 Å². The summed E-state index contributed by atoms with van der Waals surface area (Å²) in [6.45, 7) is 2.81. The maximum Gasteiger partial charge on any atom is 0.321 e. The maximum atomic E-state index is 12.6. The fourth-order valence-corrected chi connectivity index (χ4v) is 2.97. The van der Waals surface area contributed by atoms with Crippen LogP contribution in [0.15, 0.2) is 48.5 Å². The molecule has 26 heavy (non-hydrogen) atoms. The summed E-state index contributed by atoms with van der Waals surface area (Å²) in [5.41, 5.74) is 1.60. The average molecular weight is 354 g/mol. The molecular weight excluding hydrogens is 332 g/mol. The Labute approximate surface area is 152 Å². The molecule has 1 aliphatic heterocycles. The molecule has 0 unspecified atom stereocenters. The number of hydrogen-bond donors (Lipinski definition) is 2. The Balaban J connectivity index is 1.70.